The Morgan fingerprint density at radius 3 is 2.58 bits per heavy atom. The van der Waals surface area contributed by atoms with E-state index in [-0.39, 0.29) is 11.2 Å². The van der Waals surface area contributed by atoms with Gasteiger partial charge in [0.2, 0.25) is 5.91 Å². The predicted octanol–water partition coefficient (Wildman–Crippen LogP) is 3.89. The van der Waals surface area contributed by atoms with E-state index >= 15 is 0 Å². The van der Waals surface area contributed by atoms with Gasteiger partial charge in [0.15, 0.2) is 5.17 Å². The molecule has 1 atom stereocenters. The average Bonchev–Trinajstić information content (AvgIpc) is 2.94. The molecule has 1 heterocycles. The number of halogens is 1. The third-order valence-corrected chi connectivity index (χ3v) is 4.92. The van der Waals surface area contributed by atoms with Crippen LogP contribution in [0, 0.1) is 0 Å². The number of rotatable bonds is 4. The number of amides is 1. The van der Waals surface area contributed by atoms with E-state index in [1.54, 1.807) is 0 Å². The molecule has 0 aromatic heterocycles. The molecule has 0 spiro atoms. The van der Waals surface area contributed by atoms with Crippen molar-refractivity contribution in [1.29, 1.82) is 0 Å². The quantitative estimate of drug-likeness (QED) is 0.666. The van der Waals surface area contributed by atoms with E-state index in [2.05, 4.69) is 15.5 Å². The minimum absolute atomic E-state index is 0.0260. The Kier molecular flexibility index (Phi) is 5.33. The van der Waals surface area contributed by atoms with E-state index < -0.39 is 0 Å². The van der Waals surface area contributed by atoms with E-state index in [0.29, 0.717) is 16.6 Å². The molecular formula is C18H16ClN3OS. The fourth-order valence-electron chi connectivity index (χ4n) is 2.28. The van der Waals surface area contributed by atoms with Gasteiger partial charge in [0, 0.05) is 5.02 Å². The summed E-state index contributed by atoms with van der Waals surface area (Å²) in [7, 11) is 0. The molecule has 0 unspecified atom stereocenters. The lowest BCUT2D eigenvalue weighted by atomic mass is 10.1. The van der Waals surface area contributed by atoms with E-state index in [9.17, 15) is 4.79 Å². The third-order valence-electron chi connectivity index (χ3n) is 3.59. The van der Waals surface area contributed by atoms with Gasteiger partial charge in [0.1, 0.15) is 0 Å². The molecule has 1 fully saturated rings. The summed E-state index contributed by atoms with van der Waals surface area (Å²) in [6.07, 6.45) is 0.677. The van der Waals surface area contributed by atoms with Crippen molar-refractivity contribution in [3.8, 4) is 0 Å². The summed E-state index contributed by atoms with van der Waals surface area (Å²) < 4.78 is 0. The molecule has 24 heavy (non-hydrogen) atoms. The third kappa shape index (κ3) is 4.24. The van der Waals surface area contributed by atoms with E-state index in [1.807, 2.05) is 61.5 Å². The maximum absolute atomic E-state index is 12.1. The first-order chi connectivity index (χ1) is 11.6. The normalized spacial score (nSPS) is 19.6. The highest BCUT2D eigenvalue weighted by Crippen LogP contribution is 2.23. The van der Waals surface area contributed by atoms with Gasteiger partial charge in [-0.05, 0) is 36.6 Å². The Hall–Kier alpha value is -2.11. The minimum atomic E-state index is -0.169. The van der Waals surface area contributed by atoms with Gasteiger partial charge in [0.05, 0.1) is 11.0 Å². The number of benzene rings is 2. The molecule has 1 aliphatic rings. The van der Waals surface area contributed by atoms with Crippen LogP contribution in [0.15, 0.2) is 64.8 Å². The van der Waals surface area contributed by atoms with Crippen molar-refractivity contribution < 1.29 is 4.79 Å². The largest absolute Gasteiger partial charge is 0.303 e. The van der Waals surface area contributed by atoms with Gasteiger partial charge in [-0.15, -0.1) is 5.10 Å². The highest BCUT2D eigenvalue weighted by molar-refractivity contribution is 8.15. The molecule has 0 bridgehead atoms. The van der Waals surface area contributed by atoms with Gasteiger partial charge in [0.25, 0.3) is 0 Å². The fourth-order valence-corrected chi connectivity index (χ4v) is 3.37. The molecule has 1 aliphatic heterocycles. The molecule has 2 aromatic rings. The zero-order valence-electron chi connectivity index (χ0n) is 13.1. The van der Waals surface area contributed by atoms with Crippen LogP contribution in [0.2, 0.25) is 5.02 Å². The molecule has 2 aromatic carbocycles. The van der Waals surface area contributed by atoms with Gasteiger partial charge in [-0.3, -0.25) is 4.79 Å². The number of carbonyl (C=O) groups excluding carboxylic acids is 1. The zero-order valence-corrected chi connectivity index (χ0v) is 14.6. The molecule has 0 aliphatic carbocycles. The topological polar surface area (TPSA) is 53.8 Å². The van der Waals surface area contributed by atoms with E-state index in [4.69, 9.17) is 11.6 Å². The molecule has 1 amide bonds. The smallest absolute Gasteiger partial charge is 0.239 e. The SMILES string of the molecule is C/C(=N\N=C1/NC(=O)[C@H](Cc2ccccc2)S1)c1ccc(Cl)cc1. The lowest BCUT2D eigenvalue weighted by molar-refractivity contribution is -0.118. The summed E-state index contributed by atoms with van der Waals surface area (Å²) in [6.45, 7) is 1.87. The lowest BCUT2D eigenvalue weighted by Gasteiger charge is -2.04. The number of carbonyl (C=O) groups is 1. The summed E-state index contributed by atoms with van der Waals surface area (Å²) in [6, 6.07) is 17.4. The van der Waals surface area contributed by atoms with Crippen molar-refractivity contribution in [3.63, 3.8) is 0 Å². The molecule has 1 N–H and O–H groups in total. The van der Waals surface area contributed by atoms with E-state index in [0.717, 1.165) is 16.8 Å². The summed E-state index contributed by atoms with van der Waals surface area (Å²) in [5.41, 5.74) is 2.84. The van der Waals surface area contributed by atoms with Crippen LogP contribution < -0.4 is 5.32 Å². The summed E-state index contributed by atoms with van der Waals surface area (Å²) in [5.74, 6) is -0.0260. The predicted molar refractivity (Wildman–Crippen MR) is 101 cm³/mol. The highest BCUT2D eigenvalue weighted by Gasteiger charge is 2.30. The lowest BCUT2D eigenvalue weighted by Crippen LogP contribution is -2.25. The molecule has 122 valence electrons. The van der Waals surface area contributed by atoms with Crippen LogP contribution in [-0.4, -0.2) is 22.0 Å². The van der Waals surface area contributed by atoms with Crippen molar-refractivity contribution in [2.45, 2.75) is 18.6 Å². The van der Waals surface area contributed by atoms with Crippen molar-refractivity contribution in [2.75, 3.05) is 0 Å². The van der Waals surface area contributed by atoms with Gasteiger partial charge >= 0.3 is 0 Å². The second-order valence-corrected chi connectivity index (χ2v) is 7.01. The van der Waals surface area contributed by atoms with Crippen molar-refractivity contribution in [2.24, 2.45) is 10.2 Å². The van der Waals surface area contributed by atoms with Crippen LogP contribution in [0.4, 0.5) is 0 Å². The standard InChI is InChI=1S/C18H16ClN3OS/c1-12(14-7-9-15(19)10-8-14)21-22-18-20-17(23)16(24-18)11-13-5-3-2-4-6-13/h2-10,16H,11H2,1H3,(H,20,22,23)/b21-12+/t16-/m0/s1. The van der Waals surface area contributed by atoms with Crippen molar-refractivity contribution in [1.82, 2.24) is 5.32 Å². The Morgan fingerprint density at radius 1 is 1.17 bits per heavy atom. The maximum Gasteiger partial charge on any atom is 0.239 e. The average molecular weight is 358 g/mol. The summed E-state index contributed by atoms with van der Waals surface area (Å²) in [4.78, 5) is 12.1. The Labute approximate surface area is 150 Å². The van der Waals surface area contributed by atoms with Crippen LogP contribution in [-0.2, 0) is 11.2 Å². The van der Waals surface area contributed by atoms with Gasteiger partial charge in [-0.1, -0.05) is 65.8 Å². The number of hydrogen-bond acceptors (Lipinski definition) is 4. The first-order valence-electron chi connectivity index (χ1n) is 7.51. The molecule has 3 rings (SSSR count). The monoisotopic (exact) mass is 357 g/mol. The van der Waals surface area contributed by atoms with Gasteiger partial charge in [-0.2, -0.15) is 5.10 Å². The van der Waals surface area contributed by atoms with Crippen LogP contribution in [0.1, 0.15) is 18.1 Å². The van der Waals surface area contributed by atoms with Gasteiger partial charge < -0.3 is 5.32 Å². The number of thioether (sulfide) groups is 1. The summed E-state index contributed by atoms with van der Waals surface area (Å²) >= 11 is 7.29. The van der Waals surface area contributed by atoms with Crippen LogP contribution in [0.25, 0.3) is 0 Å². The minimum Gasteiger partial charge on any atom is -0.303 e. The molecule has 6 heteroatoms. The zero-order chi connectivity index (χ0) is 16.9. The highest BCUT2D eigenvalue weighted by atomic mass is 35.5. The Balaban J connectivity index is 1.67. The second-order valence-electron chi connectivity index (χ2n) is 5.38. The first-order valence-corrected chi connectivity index (χ1v) is 8.77. The molecule has 0 saturated carbocycles. The number of hydrogen-bond donors (Lipinski definition) is 1. The molecule has 4 nitrogen and oxygen atoms in total. The van der Waals surface area contributed by atoms with E-state index in [1.165, 1.54) is 11.8 Å². The second kappa shape index (κ2) is 7.64. The van der Waals surface area contributed by atoms with Crippen LogP contribution >= 0.6 is 23.4 Å². The van der Waals surface area contributed by atoms with Gasteiger partial charge in [-0.25, -0.2) is 0 Å². The number of nitrogens with zero attached hydrogens (tertiary/aromatic N) is 2. The van der Waals surface area contributed by atoms with Crippen molar-refractivity contribution in [3.05, 3.63) is 70.7 Å². The first kappa shape index (κ1) is 16.7. The maximum atomic E-state index is 12.1. The molecular weight excluding hydrogens is 342 g/mol. The fraction of sp³-hybridized carbons (Fsp3) is 0.167. The Bertz CT molecular complexity index is 788. The van der Waals surface area contributed by atoms with Crippen molar-refractivity contribution >= 4 is 40.1 Å². The molecule has 1 saturated heterocycles. The number of nitrogens with one attached hydrogen (secondary N) is 1. The Morgan fingerprint density at radius 2 is 1.88 bits per heavy atom. The summed E-state index contributed by atoms with van der Waals surface area (Å²) in [5, 5.41) is 12.2. The van der Waals surface area contributed by atoms with Crippen LogP contribution in [0.5, 0.6) is 0 Å². The van der Waals surface area contributed by atoms with Crippen LogP contribution in [0.3, 0.4) is 0 Å². The number of amidine groups is 1. The molecule has 0 radical (unpaired) electrons.